The minimum Gasteiger partial charge on any atom is -0.492 e. The molecule has 0 fully saturated rings. The summed E-state index contributed by atoms with van der Waals surface area (Å²) in [6.07, 6.45) is 0. The Hall–Kier alpha value is -3.04. The van der Waals surface area contributed by atoms with Gasteiger partial charge in [-0.05, 0) is 35.9 Å². The van der Waals surface area contributed by atoms with E-state index in [0.29, 0.717) is 21.0 Å². The molecule has 1 aromatic rings. The molecule has 1 atom stereocenters. The number of benzene rings is 2. The summed E-state index contributed by atoms with van der Waals surface area (Å²) in [5, 5.41) is 38.4. The summed E-state index contributed by atoms with van der Waals surface area (Å²) >= 11 is 5.84. The zero-order valence-corrected chi connectivity index (χ0v) is 12.5. The Labute approximate surface area is 136 Å². The first-order valence-corrected chi connectivity index (χ1v) is 7.03. The number of nitrogens with zero attached hydrogens (tertiary/aromatic N) is 3. The molecule has 0 bridgehead atoms. The number of halogens is 1. The third-order valence-electron chi connectivity index (χ3n) is 3.49. The van der Waals surface area contributed by atoms with Crippen LogP contribution in [0.1, 0.15) is 17.2 Å². The topological polar surface area (TPSA) is 106 Å². The maximum absolute atomic E-state index is 10.4. The number of fused-ring (bicyclic) bond motifs is 1. The fourth-order valence-electron chi connectivity index (χ4n) is 2.38. The van der Waals surface area contributed by atoms with Gasteiger partial charge in [-0.2, -0.15) is 9.99 Å². The van der Waals surface area contributed by atoms with Gasteiger partial charge in [-0.3, -0.25) is 0 Å². The van der Waals surface area contributed by atoms with Crippen molar-refractivity contribution in [2.24, 2.45) is 0 Å². The highest BCUT2D eigenvalue weighted by Crippen LogP contribution is 2.33. The minimum atomic E-state index is -0.941. The van der Waals surface area contributed by atoms with Crippen LogP contribution < -0.4 is 5.36 Å². The van der Waals surface area contributed by atoms with E-state index in [9.17, 15) is 15.6 Å². The van der Waals surface area contributed by atoms with Crippen molar-refractivity contribution in [2.45, 2.75) is 5.92 Å². The highest BCUT2D eigenvalue weighted by molar-refractivity contribution is 6.30. The van der Waals surface area contributed by atoms with Crippen LogP contribution in [-0.4, -0.2) is 20.0 Å². The monoisotopic (exact) mass is 326 g/mol. The van der Waals surface area contributed by atoms with Gasteiger partial charge in [0.2, 0.25) is 5.88 Å². The van der Waals surface area contributed by atoms with E-state index in [2.05, 4.69) is 4.98 Å². The predicted octanol–water partition coefficient (Wildman–Crippen LogP) is 2.72. The van der Waals surface area contributed by atoms with E-state index >= 15 is 0 Å². The van der Waals surface area contributed by atoms with Gasteiger partial charge in [-0.1, -0.05) is 23.7 Å². The number of nitriles is 1. The van der Waals surface area contributed by atoms with E-state index in [1.54, 1.807) is 24.3 Å². The second-order valence-corrected chi connectivity index (χ2v) is 5.39. The fourth-order valence-corrected chi connectivity index (χ4v) is 2.51. The molecule has 114 valence electrons. The fraction of sp³-hybridized carbons (Fsp3) is 0.0625. The Balaban J connectivity index is 2.26. The van der Waals surface area contributed by atoms with Crippen molar-refractivity contribution in [3.63, 3.8) is 0 Å². The third-order valence-corrected chi connectivity index (χ3v) is 3.75. The van der Waals surface area contributed by atoms with E-state index < -0.39 is 11.8 Å². The molecule has 1 unspecified atom stereocenters. The summed E-state index contributed by atoms with van der Waals surface area (Å²) in [5.74, 6) is -1.39. The Morgan fingerprint density at radius 3 is 2.57 bits per heavy atom. The molecule has 0 amide bonds. The molecule has 0 saturated heterocycles. The molecule has 2 aliphatic rings. The average Bonchev–Trinajstić information content (AvgIpc) is 2.53. The Morgan fingerprint density at radius 2 is 1.91 bits per heavy atom. The first-order valence-electron chi connectivity index (χ1n) is 6.66. The molecule has 1 aliphatic carbocycles. The van der Waals surface area contributed by atoms with Crippen molar-refractivity contribution in [1.29, 1.82) is 10.7 Å². The van der Waals surface area contributed by atoms with Gasteiger partial charge < -0.3 is 15.7 Å². The van der Waals surface area contributed by atoms with Crippen LogP contribution in [-0.2, 0) is 0 Å². The van der Waals surface area contributed by atoms with Crippen molar-refractivity contribution in [3.8, 4) is 23.3 Å². The van der Waals surface area contributed by atoms with Gasteiger partial charge in [0, 0.05) is 5.02 Å². The van der Waals surface area contributed by atoms with E-state index in [1.165, 1.54) is 18.2 Å². The summed E-state index contributed by atoms with van der Waals surface area (Å²) in [4.78, 5) is 4.00. The highest BCUT2D eigenvalue weighted by atomic mass is 35.5. The van der Waals surface area contributed by atoms with Crippen LogP contribution in [0.3, 0.4) is 0 Å². The van der Waals surface area contributed by atoms with Crippen LogP contribution in [0, 0.1) is 16.7 Å². The predicted molar refractivity (Wildman–Crippen MR) is 82.5 cm³/mol. The molecule has 3 N–H and O–H groups in total. The Bertz CT molecular complexity index is 944. The molecule has 0 spiro atoms. The van der Waals surface area contributed by atoms with Gasteiger partial charge in [0.15, 0.2) is 0 Å². The summed E-state index contributed by atoms with van der Waals surface area (Å²) < 4.78 is 0.707. The van der Waals surface area contributed by atoms with Gasteiger partial charge in [0.25, 0.3) is 0 Å². The molecular formula is C16H11ClN4O2. The van der Waals surface area contributed by atoms with Gasteiger partial charge in [-0.25, -0.2) is 4.98 Å². The van der Waals surface area contributed by atoms with Crippen LogP contribution in [0.4, 0.5) is 0 Å². The third kappa shape index (κ3) is 2.58. The largest absolute Gasteiger partial charge is 0.492 e. The number of aromatic hydroxyl groups is 1. The number of rotatable bonds is 2. The van der Waals surface area contributed by atoms with E-state index in [4.69, 9.17) is 17.0 Å². The van der Waals surface area contributed by atoms with Crippen molar-refractivity contribution in [3.05, 3.63) is 64.1 Å². The molecular weight excluding hydrogens is 316 g/mol. The zero-order valence-electron chi connectivity index (χ0n) is 11.7. The van der Waals surface area contributed by atoms with Gasteiger partial charge in [-0.15, -0.1) is 0 Å². The first kappa shape index (κ1) is 14.9. The first-order chi connectivity index (χ1) is 11.0. The van der Waals surface area contributed by atoms with Crippen LogP contribution in [0.2, 0.25) is 5.02 Å². The molecule has 1 heterocycles. The Kier molecular flexibility index (Phi) is 3.64. The normalized spacial score (nSPS) is 12.0. The number of hydrogen-bond donors (Lipinski definition) is 3. The summed E-state index contributed by atoms with van der Waals surface area (Å²) in [5.41, 5.74) is 1.04. The van der Waals surface area contributed by atoms with Gasteiger partial charge in [0.05, 0.1) is 17.1 Å². The average molecular weight is 327 g/mol. The standard InChI is InChI=1S/C16H11ClN4O2/c17-10-3-1-9(2-4-10)12(8-18)15-16(22)20-13-6-5-11(19)7-14(13)21(15)23/h1-7,12,19,22-23H. The smallest absolute Gasteiger partial charge is 0.237 e. The van der Waals surface area contributed by atoms with Crippen LogP contribution >= 0.6 is 11.6 Å². The van der Waals surface area contributed by atoms with Crippen molar-refractivity contribution in [2.75, 3.05) is 0 Å². The maximum atomic E-state index is 10.4. The summed E-state index contributed by atoms with van der Waals surface area (Å²) in [6.45, 7) is 0. The van der Waals surface area contributed by atoms with Crippen molar-refractivity contribution in [1.82, 2.24) is 9.71 Å². The molecule has 23 heavy (non-hydrogen) atoms. The molecule has 6 nitrogen and oxygen atoms in total. The van der Waals surface area contributed by atoms with Crippen LogP contribution in [0.25, 0.3) is 11.4 Å². The lowest BCUT2D eigenvalue weighted by atomic mass is 9.96. The summed E-state index contributed by atoms with van der Waals surface area (Å²) in [6, 6.07) is 13.0. The lowest BCUT2D eigenvalue weighted by Gasteiger charge is -2.18. The highest BCUT2D eigenvalue weighted by Gasteiger charge is 2.26. The van der Waals surface area contributed by atoms with E-state index in [0.717, 1.165) is 0 Å². The second-order valence-electron chi connectivity index (χ2n) is 4.95. The van der Waals surface area contributed by atoms with E-state index in [-0.39, 0.29) is 16.7 Å². The van der Waals surface area contributed by atoms with Crippen LogP contribution in [0.5, 0.6) is 5.88 Å². The number of nitrogens with one attached hydrogen (secondary N) is 1. The summed E-state index contributed by atoms with van der Waals surface area (Å²) in [7, 11) is 0. The molecule has 0 saturated carbocycles. The molecule has 7 heteroatoms. The van der Waals surface area contributed by atoms with Crippen molar-refractivity contribution < 1.29 is 10.3 Å². The number of aromatic nitrogens is 2. The molecule has 0 aromatic heterocycles. The second kappa shape index (κ2) is 5.63. The Morgan fingerprint density at radius 1 is 1.22 bits per heavy atom. The minimum absolute atomic E-state index is 0.0621. The molecule has 1 aromatic carbocycles. The van der Waals surface area contributed by atoms with Crippen LogP contribution in [0.15, 0.2) is 42.5 Å². The van der Waals surface area contributed by atoms with E-state index in [1.807, 2.05) is 6.07 Å². The lowest BCUT2D eigenvalue weighted by Crippen LogP contribution is -2.15. The number of hydrogen-bond acceptors (Lipinski definition) is 5. The van der Waals surface area contributed by atoms with Gasteiger partial charge >= 0.3 is 0 Å². The maximum Gasteiger partial charge on any atom is 0.237 e. The molecule has 3 rings (SSSR count). The molecule has 0 radical (unpaired) electrons. The van der Waals surface area contributed by atoms with Gasteiger partial charge in [0.1, 0.15) is 17.3 Å². The quantitative estimate of drug-likeness (QED) is 0.629. The zero-order chi connectivity index (χ0) is 16.6. The van der Waals surface area contributed by atoms with Crippen molar-refractivity contribution >= 4 is 11.6 Å². The lowest BCUT2D eigenvalue weighted by molar-refractivity contribution is 0.173. The SMILES string of the molecule is N#CC(c1ccc(Cl)cc1)c1c(O)nc2ccc(=N)cc-2n1O. The molecule has 1 aliphatic heterocycles.